The van der Waals surface area contributed by atoms with Crippen molar-refractivity contribution >= 4 is 22.6 Å². The van der Waals surface area contributed by atoms with Gasteiger partial charge < -0.3 is 14.8 Å². The van der Waals surface area contributed by atoms with Crippen LogP contribution in [-0.4, -0.2) is 34.7 Å². The summed E-state index contributed by atoms with van der Waals surface area (Å²) in [6.45, 7) is 2.32. The maximum atomic E-state index is 12.6. The van der Waals surface area contributed by atoms with E-state index in [2.05, 4.69) is 15.3 Å². The van der Waals surface area contributed by atoms with Crippen LogP contribution in [0, 0.1) is 0 Å². The normalized spacial score (nSPS) is 10.7. The molecule has 0 spiro atoms. The number of carbonyl (C=O) groups is 1. The molecular formula is C19H20N4O5. The van der Waals surface area contributed by atoms with Crippen molar-refractivity contribution in [2.75, 3.05) is 19.5 Å². The minimum Gasteiger partial charge on any atom is -0.493 e. The fraction of sp³-hybridized carbons (Fsp3) is 0.263. The number of rotatable bonds is 6. The molecule has 9 heteroatoms. The molecule has 0 saturated heterocycles. The van der Waals surface area contributed by atoms with Crippen LogP contribution >= 0.6 is 0 Å². The molecule has 3 aromatic rings. The van der Waals surface area contributed by atoms with Crippen molar-refractivity contribution in [3.8, 4) is 11.5 Å². The second-order valence-corrected chi connectivity index (χ2v) is 6.03. The van der Waals surface area contributed by atoms with E-state index in [0.29, 0.717) is 30.2 Å². The molecule has 0 aliphatic heterocycles. The van der Waals surface area contributed by atoms with E-state index in [0.717, 1.165) is 0 Å². The molecule has 3 rings (SSSR count). The number of aryl methyl sites for hydroxylation is 1. The number of aromatic amines is 1. The van der Waals surface area contributed by atoms with E-state index in [1.54, 1.807) is 18.2 Å². The summed E-state index contributed by atoms with van der Waals surface area (Å²) in [6, 6.07) is 6.38. The molecule has 0 radical (unpaired) electrons. The summed E-state index contributed by atoms with van der Waals surface area (Å²) in [5, 5.41) is 2.90. The van der Waals surface area contributed by atoms with Gasteiger partial charge in [0.2, 0.25) is 0 Å². The molecule has 0 saturated carbocycles. The summed E-state index contributed by atoms with van der Waals surface area (Å²) < 4.78 is 11.8. The first-order valence-corrected chi connectivity index (χ1v) is 8.64. The van der Waals surface area contributed by atoms with Gasteiger partial charge in [0.25, 0.3) is 11.5 Å². The van der Waals surface area contributed by atoms with Crippen molar-refractivity contribution in [1.29, 1.82) is 0 Å². The monoisotopic (exact) mass is 384 g/mol. The summed E-state index contributed by atoms with van der Waals surface area (Å²) in [7, 11) is 3.02. The van der Waals surface area contributed by atoms with Crippen molar-refractivity contribution in [2.24, 2.45) is 0 Å². The zero-order chi connectivity index (χ0) is 20.3. The van der Waals surface area contributed by atoms with Gasteiger partial charge in [-0.1, -0.05) is 6.92 Å². The van der Waals surface area contributed by atoms with E-state index in [-0.39, 0.29) is 16.6 Å². The Balaban J connectivity index is 1.97. The van der Waals surface area contributed by atoms with Gasteiger partial charge >= 0.3 is 5.69 Å². The van der Waals surface area contributed by atoms with Gasteiger partial charge in [0, 0.05) is 24.5 Å². The molecule has 1 amide bonds. The molecule has 146 valence electrons. The molecular weight excluding hydrogens is 364 g/mol. The lowest BCUT2D eigenvalue weighted by Crippen LogP contribution is -2.31. The van der Waals surface area contributed by atoms with Crippen molar-refractivity contribution in [1.82, 2.24) is 14.5 Å². The second-order valence-electron chi connectivity index (χ2n) is 6.03. The highest BCUT2D eigenvalue weighted by Crippen LogP contribution is 2.29. The smallest absolute Gasteiger partial charge is 0.329 e. The molecule has 0 aliphatic carbocycles. The number of ether oxygens (including phenoxy) is 2. The van der Waals surface area contributed by atoms with E-state index in [9.17, 15) is 14.4 Å². The number of fused-ring (bicyclic) bond motifs is 1. The third kappa shape index (κ3) is 3.59. The van der Waals surface area contributed by atoms with Crippen molar-refractivity contribution in [2.45, 2.75) is 19.9 Å². The SMILES string of the molecule is CCCn1c(=O)[nH]c(=O)c2cc(C(=O)Nc3ccc(OC)c(OC)c3)cnc21. The Morgan fingerprint density at radius 1 is 1.18 bits per heavy atom. The Hall–Kier alpha value is -3.62. The zero-order valence-electron chi connectivity index (χ0n) is 15.7. The number of pyridine rings is 1. The van der Waals surface area contributed by atoms with Gasteiger partial charge in [0.15, 0.2) is 11.5 Å². The quantitative estimate of drug-likeness (QED) is 0.669. The van der Waals surface area contributed by atoms with Gasteiger partial charge in [-0.05, 0) is 24.6 Å². The maximum Gasteiger partial charge on any atom is 0.329 e. The molecule has 2 aromatic heterocycles. The molecule has 0 fully saturated rings. The number of hydrogen-bond acceptors (Lipinski definition) is 6. The standard InChI is InChI=1S/C19H20N4O5/c1-4-7-23-16-13(18(25)22-19(23)26)8-11(10-20-16)17(24)21-12-5-6-14(27-2)15(9-12)28-3/h5-6,8-10H,4,7H2,1-3H3,(H,21,24)(H,22,25,26). The molecule has 2 N–H and O–H groups in total. The lowest BCUT2D eigenvalue weighted by Gasteiger charge is -2.11. The van der Waals surface area contributed by atoms with Crippen LogP contribution in [0.25, 0.3) is 11.0 Å². The van der Waals surface area contributed by atoms with Gasteiger partial charge in [-0.2, -0.15) is 0 Å². The lowest BCUT2D eigenvalue weighted by atomic mass is 10.2. The van der Waals surface area contributed by atoms with Gasteiger partial charge in [-0.15, -0.1) is 0 Å². The number of aromatic nitrogens is 3. The summed E-state index contributed by atoms with van der Waals surface area (Å²) in [5.41, 5.74) is -0.171. The third-order valence-corrected chi connectivity index (χ3v) is 4.18. The number of benzene rings is 1. The van der Waals surface area contributed by atoms with Crippen molar-refractivity contribution in [3.05, 3.63) is 56.9 Å². The Morgan fingerprint density at radius 2 is 1.93 bits per heavy atom. The van der Waals surface area contributed by atoms with Crippen LogP contribution in [0.15, 0.2) is 40.1 Å². The minimum atomic E-state index is -0.583. The Kier molecular flexibility index (Phi) is 5.44. The van der Waals surface area contributed by atoms with Crippen LogP contribution in [0.2, 0.25) is 0 Å². The van der Waals surface area contributed by atoms with Crippen LogP contribution in [-0.2, 0) is 6.54 Å². The van der Waals surface area contributed by atoms with E-state index < -0.39 is 17.2 Å². The van der Waals surface area contributed by atoms with Crippen LogP contribution in [0.4, 0.5) is 5.69 Å². The average Bonchev–Trinajstić information content (AvgIpc) is 2.70. The Labute approximate surface area is 159 Å². The molecule has 0 unspecified atom stereocenters. The third-order valence-electron chi connectivity index (χ3n) is 4.18. The second kappa shape index (κ2) is 7.95. The number of carbonyl (C=O) groups excluding carboxylic acids is 1. The average molecular weight is 384 g/mol. The Morgan fingerprint density at radius 3 is 2.61 bits per heavy atom. The number of methoxy groups -OCH3 is 2. The van der Waals surface area contributed by atoms with Crippen LogP contribution in [0.1, 0.15) is 23.7 Å². The summed E-state index contributed by atoms with van der Waals surface area (Å²) in [6.07, 6.45) is 2.04. The minimum absolute atomic E-state index is 0.174. The summed E-state index contributed by atoms with van der Waals surface area (Å²) >= 11 is 0. The van der Waals surface area contributed by atoms with E-state index >= 15 is 0 Å². The highest BCUT2D eigenvalue weighted by atomic mass is 16.5. The van der Waals surface area contributed by atoms with Crippen molar-refractivity contribution < 1.29 is 14.3 Å². The topological polar surface area (TPSA) is 115 Å². The number of hydrogen-bond donors (Lipinski definition) is 2. The number of H-pyrrole nitrogens is 1. The van der Waals surface area contributed by atoms with E-state index in [1.165, 1.54) is 31.0 Å². The number of nitrogens with zero attached hydrogens (tertiary/aromatic N) is 2. The first kappa shape index (κ1) is 19.2. The van der Waals surface area contributed by atoms with Gasteiger partial charge in [-0.25, -0.2) is 9.78 Å². The molecule has 0 aliphatic rings. The largest absolute Gasteiger partial charge is 0.493 e. The molecule has 0 atom stereocenters. The molecule has 28 heavy (non-hydrogen) atoms. The van der Waals surface area contributed by atoms with Crippen LogP contribution in [0.3, 0.4) is 0 Å². The number of nitrogens with one attached hydrogen (secondary N) is 2. The molecule has 1 aromatic carbocycles. The highest BCUT2D eigenvalue weighted by molar-refractivity contribution is 6.05. The number of amides is 1. The van der Waals surface area contributed by atoms with Crippen LogP contribution in [0.5, 0.6) is 11.5 Å². The molecule has 2 heterocycles. The van der Waals surface area contributed by atoms with Crippen molar-refractivity contribution in [3.63, 3.8) is 0 Å². The summed E-state index contributed by atoms with van der Waals surface area (Å²) in [5.74, 6) is 0.555. The zero-order valence-corrected chi connectivity index (χ0v) is 15.7. The maximum absolute atomic E-state index is 12.6. The van der Waals surface area contributed by atoms with Gasteiger partial charge in [0.05, 0.1) is 25.2 Å². The summed E-state index contributed by atoms with van der Waals surface area (Å²) in [4.78, 5) is 43.2. The van der Waals surface area contributed by atoms with Gasteiger partial charge in [0.1, 0.15) is 5.65 Å². The first-order valence-electron chi connectivity index (χ1n) is 8.64. The lowest BCUT2D eigenvalue weighted by molar-refractivity contribution is 0.102. The number of anilines is 1. The van der Waals surface area contributed by atoms with Gasteiger partial charge in [-0.3, -0.25) is 19.1 Å². The first-order chi connectivity index (χ1) is 13.5. The molecule has 0 bridgehead atoms. The van der Waals surface area contributed by atoms with Crippen LogP contribution < -0.4 is 26.0 Å². The fourth-order valence-corrected chi connectivity index (χ4v) is 2.84. The molecule has 9 nitrogen and oxygen atoms in total. The fourth-order valence-electron chi connectivity index (χ4n) is 2.84. The Bertz CT molecular complexity index is 1150. The van der Waals surface area contributed by atoms with E-state index in [1.807, 2.05) is 6.92 Å². The van der Waals surface area contributed by atoms with E-state index in [4.69, 9.17) is 9.47 Å². The highest BCUT2D eigenvalue weighted by Gasteiger charge is 2.14. The predicted octanol–water partition coefficient (Wildman–Crippen LogP) is 1.76. The predicted molar refractivity (Wildman–Crippen MR) is 104 cm³/mol.